The Morgan fingerprint density at radius 1 is 1.33 bits per heavy atom. The van der Waals surface area contributed by atoms with Gasteiger partial charge in [0.2, 0.25) is 0 Å². The Kier molecular flexibility index (Phi) is 5.69. The van der Waals surface area contributed by atoms with E-state index < -0.39 is 0 Å². The molecule has 1 N–H and O–H groups in total. The summed E-state index contributed by atoms with van der Waals surface area (Å²) in [6, 6.07) is 6.69. The van der Waals surface area contributed by atoms with Gasteiger partial charge in [-0.3, -0.25) is 0 Å². The Morgan fingerprint density at radius 3 is 2.52 bits per heavy atom. The van der Waals surface area contributed by atoms with Crippen LogP contribution in [-0.4, -0.2) is 44.7 Å². The first kappa shape index (κ1) is 16.8. The number of rotatable bonds is 6. The van der Waals surface area contributed by atoms with E-state index in [1.54, 1.807) is 7.11 Å². The van der Waals surface area contributed by atoms with Gasteiger partial charge in [0.1, 0.15) is 5.75 Å². The van der Waals surface area contributed by atoms with E-state index in [4.69, 9.17) is 4.74 Å². The molecule has 0 radical (unpaired) electrons. The molecule has 21 heavy (non-hydrogen) atoms. The van der Waals surface area contributed by atoms with Gasteiger partial charge in [-0.2, -0.15) is 0 Å². The molecule has 0 spiro atoms. The highest BCUT2D eigenvalue weighted by atomic mass is 79.9. The number of hydrogen-bond acceptors (Lipinski definition) is 3. The fourth-order valence-electron chi connectivity index (χ4n) is 3.78. The molecular weight excluding hydrogens is 328 g/mol. The number of ether oxygens (including phenoxy) is 1. The molecular formula is C17H27BrN2O. The van der Waals surface area contributed by atoms with Crippen LogP contribution >= 0.6 is 15.9 Å². The maximum atomic E-state index is 5.54. The van der Waals surface area contributed by atoms with Crippen molar-refractivity contribution in [3.05, 3.63) is 28.2 Å². The van der Waals surface area contributed by atoms with Gasteiger partial charge in [-0.05, 0) is 64.2 Å². The zero-order valence-electron chi connectivity index (χ0n) is 13.6. The molecule has 0 aliphatic heterocycles. The van der Waals surface area contributed by atoms with E-state index in [0.717, 1.165) is 16.6 Å². The Labute approximate surface area is 137 Å². The molecule has 1 aliphatic carbocycles. The van der Waals surface area contributed by atoms with Gasteiger partial charge in [-0.15, -0.1) is 0 Å². The Bertz CT molecular complexity index is 470. The Hall–Kier alpha value is -0.580. The van der Waals surface area contributed by atoms with Crippen LogP contribution < -0.4 is 10.1 Å². The molecule has 0 heterocycles. The van der Waals surface area contributed by atoms with E-state index in [0.29, 0.717) is 6.04 Å². The van der Waals surface area contributed by atoms with Gasteiger partial charge < -0.3 is 15.0 Å². The maximum Gasteiger partial charge on any atom is 0.122 e. The molecule has 4 heteroatoms. The molecule has 118 valence electrons. The number of hydrogen-bond donors (Lipinski definition) is 1. The summed E-state index contributed by atoms with van der Waals surface area (Å²) in [5.74, 6) is 0.977. The molecule has 0 bridgehead atoms. The minimum atomic E-state index is 0.252. The lowest BCUT2D eigenvalue weighted by Crippen LogP contribution is -2.57. The molecule has 3 nitrogen and oxygen atoms in total. The van der Waals surface area contributed by atoms with Gasteiger partial charge >= 0.3 is 0 Å². The van der Waals surface area contributed by atoms with Crippen LogP contribution in [0, 0.1) is 0 Å². The second-order valence-electron chi connectivity index (χ2n) is 6.21. The third-order valence-corrected chi connectivity index (χ3v) is 5.52. The zero-order chi connectivity index (χ0) is 15.5. The minimum absolute atomic E-state index is 0.252. The van der Waals surface area contributed by atoms with Crippen molar-refractivity contribution in [2.24, 2.45) is 0 Å². The fraction of sp³-hybridized carbons (Fsp3) is 0.647. The number of nitrogens with zero attached hydrogens (tertiary/aromatic N) is 1. The largest absolute Gasteiger partial charge is 0.496 e. The maximum absolute atomic E-state index is 5.54. The highest BCUT2D eigenvalue weighted by Crippen LogP contribution is 2.38. The molecule has 1 aromatic rings. The summed E-state index contributed by atoms with van der Waals surface area (Å²) in [6.45, 7) is 0. The number of nitrogens with one attached hydrogen (secondary N) is 1. The summed E-state index contributed by atoms with van der Waals surface area (Å²) in [6.07, 6.45) is 6.17. The molecule has 0 amide bonds. The predicted octanol–water partition coefficient (Wildman–Crippen LogP) is 3.46. The van der Waals surface area contributed by atoms with Crippen molar-refractivity contribution in [1.82, 2.24) is 10.2 Å². The quantitative estimate of drug-likeness (QED) is 0.846. The predicted molar refractivity (Wildman–Crippen MR) is 92.1 cm³/mol. The van der Waals surface area contributed by atoms with Crippen LogP contribution in [-0.2, 0) is 6.42 Å². The third-order valence-electron chi connectivity index (χ3n) is 5.02. The van der Waals surface area contributed by atoms with Crippen molar-refractivity contribution in [1.29, 1.82) is 0 Å². The lowest BCUT2D eigenvalue weighted by atomic mass is 9.83. The number of halogens is 1. The van der Waals surface area contributed by atoms with Gasteiger partial charge in [0.25, 0.3) is 0 Å². The van der Waals surface area contributed by atoms with Gasteiger partial charge in [-0.25, -0.2) is 0 Å². The summed E-state index contributed by atoms with van der Waals surface area (Å²) in [7, 11) is 8.26. The second kappa shape index (κ2) is 7.12. The molecule has 1 aliphatic rings. The van der Waals surface area contributed by atoms with Crippen LogP contribution in [0.1, 0.15) is 31.2 Å². The number of likely N-dealkylation sites (N-methyl/N-ethyl adjacent to an activating group) is 2. The number of benzene rings is 1. The molecule has 2 rings (SSSR count). The first-order valence-electron chi connectivity index (χ1n) is 7.70. The summed E-state index contributed by atoms with van der Waals surface area (Å²) >= 11 is 3.58. The van der Waals surface area contributed by atoms with E-state index in [1.165, 1.54) is 31.2 Å². The van der Waals surface area contributed by atoms with E-state index in [9.17, 15) is 0 Å². The summed E-state index contributed by atoms with van der Waals surface area (Å²) < 4.78 is 6.65. The highest BCUT2D eigenvalue weighted by Gasteiger charge is 2.42. The summed E-state index contributed by atoms with van der Waals surface area (Å²) in [5.41, 5.74) is 1.52. The van der Waals surface area contributed by atoms with Crippen molar-refractivity contribution in [2.45, 2.75) is 43.7 Å². The number of methoxy groups -OCH3 is 1. The van der Waals surface area contributed by atoms with Crippen LogP contribution in [0.15, 0.2) is 22.7 Å². The van der Waals surface area contributed by atoms with Gasteiger partial charge in [0, 0.05) is 16.1 Å². The van der Waals surface area contributed by atoms with Gasteiger partial charge in [0.05, 0.1) is 7.11 Å². The first-order valence-corrected chi connectivity index (χ1v) is 8.50. The lowest BCUT2D eigenvalue weighted by molar-refractivity contribution is 0.108. The van der Waals surface area contributed by atoms with Crippen molar-refractivity contribution < 1.29 is 4.74 Å². The average Bonchev–Trinajstić information content (AvgIpc) is 2.95. The Balaban J connectivity index is 2.28. The zero-order valence-corrected chi connectivity index (χ0v) is 15.2. The lowest BCUT2D eigenvalue weighted by Gasteiger charge is -2.43. The molecule has 1 atom stereocenters. The van der Waals surface area contributed by atoms with Crippen LogP contribution in [0.3, 0.4) is 0 Å². The van der Waals surface area contributed by atoms with Gasteiger partial charge in [0.15, 0.2) is 0 Å². The van der Waals surface area contributed by atoms with Crippen molar-refractivity contribution >= 4 is 15.9 Å². The molecule has 1 saturated carbocycles. The van der Waals surface area contributed by atoms with Crippen LogP contribution in [0.25, 0.3) is 0 Å². The van der Waals surface area contributed by atoms with Crippen molar-refractivity contribution in [3.8, 4) is 5.75 Å². The summed E-state index contributed by atoms with van der Waals surface area (Å²) in [5, 5.41) is 3.57. The molecule has 1 unspecified atom stereocenters. The first-order chi connectivity index (χ1) is 10.0. The molecule has 0 aromatic heterocycles. The van der Waals surface area contributed by atoms with Crippen molar-refractivity contribution in [2.75, 3.05) is 28.3 Å². The van der Waals surface area contributed by atoms with Crippen molar-refractivity contribution in [3.63, 3.8) is 0 Å². The minimum Gasteiger partial charge on any atom is -0.496 e. The highest BCUT2D eigenvalue weighted by molar-refractivity contribution is 9.10. The summed E-state index contributed by atoms with van der Waals surface area (Å²) in [4.78, 5) is 2.42. The fourth-order valence-corrected chi connectivity index (χ4v) is 4.19. The second-order valence-corrected chi connectivity index (χ2v) is 7.12. The van der Waals surface area contributed by atoms with Gasteiger partial charge in [-0.1, -0.05) is 28.8 Å². The normalized spacial score (nSPS) is 19.0. The molecule has 1 aromatic carbocycles. The molecule has 1 fully saturated rings. The third kappa shape index (κ3) is 3.43. The SMILES string of the molecule is CNC(Cc1cc(Br)ccc1OC)C1(N(C)C)CCCC1. The monoisotopic (exact) mass is 354 g/mol. The topological polar surface area (TPSA) is 24.5 Å². The van der Waals surface area contributed by atoms with E-state index in [2.05, 4.69) is 53.4 Å². The van der Waals surface area contributed by atoms with E-state index in [1.807, 2.05) is 12.1 Å². The van der Waals surface area contributed by atoms with Crippen LogP contribution in [0.5, 0.6) is 5.75 Å². The average molecular weight is 355 g/mol. The van der Waals surface area contributed by atoms with Crippen LogP contribution in [0.4, 0.5) is 0 Å². The standard InChI is InChI=1S/C17H27BrN2O/c1-19-16(17(20(2)3)9-5-6-10-17)12-13-11-14(18)7-8-15(13)21-4/h7-8,11,16,19H,5-6,9-10,12H2,1-4H3. The van der Waals surface area contributed by atoms with E-state index in [-0.39, 0.29) is 5.54 Å². The Morgan fingerprint density at radius 2 is 2.00 bits per heavy atom. The van der Waals surface area contributed by atoms with E-state index >= 15 is 0 Å². The molecule has 0 saturated heterocycles. The van der Waals surface area contributed by atoms with Crippen LogP contribution in [0.2, 0.25) is 0 Å². The smallest absolute Gasteiger partial charge is 0.122 e.